The number of rotatable bonds is 5. The largest absolute Gasteiger partial charge is 0.383 e. The summed E-state index contributed by atoms with van der Waals surface area (Å²) in [5.74, 6) is 1.05. The van der Waals surface area contributed by atoms with Gasteiger partial charge in [0.25, 0.3) is 0 Å². The van der Waals surface area contributed by atoms with E-state index < -0.39 is 0 Å². The molecule has 0 saturated carbocycles. The number of nitrogens with zero attached hydrogens (tertiary/aromatic N) is 3. The number of anilines is 2. The van der Waals surface area contributed by atoms with Gasteiger partial charge in [-0.3, -0.25) is 4.90 Å². The maximum absolute atomic E-state index is 12.2. The predicted octanol–water partition coefficient (Wildman–Crippen LogP) is 3.14. The van der Waals surface area contributed by atoms with Crippen LogP contribution in [0.4, 0.5) is 16.2 Å². The maximum atomic E-state index is 12.2. The molecule has 2 N–H and O–H groups in total. The molecule has 7 heteroatoms. The predicted molar refractivity (Wildman–Crippen MR) is 106 cm³/mol. The molecule has 0 atom stereocenters. The number of amides is 2. The van der Waals surface area contributed by atoms with Crippen LogP contribution >= 0.6 is 0 Å². The van der Waals surface area contributed by atoms with E-state index in [1.165, 1.54) is 0 Å². The van der Waals surface area contributed by atoms with Gasteiger partial charge in [0.2, 0.25) is 0 Å². The zero-order chi connectivity index (χ0) is 18.6. The van der Waals surface area contributed by atoms with E-state index in [9.17, 15) is 4.79 Å². The van der Waals surface area contributed by atoms with E-state index in [1.54, 1.807) is 7.11 Å². The van der Waals surface area contributed by atoms with E-state index in [-0.39, 0.29) is 6.03 Å². The van der Waals surface area contributed by atoms with Crippen LogP contribution < -0.4 is 10.6 Å². The Bertz CT molecular complexity index is 938. The van der Waals surface area contributed by atoms with E-state index in [4.69, 9.17) is 9.72 Å². The highest BCUT2D eigenvalue weighted by Gasteiger charge is 2.20. The summed E-state index contributed by atoms with van der Waals surface area (Å²) >= 11 is 0. The molecule has 2 aromatic carbocycles. The van der Waals surface area contributed by atoms with Gasteiger partial charge in [0.1, 0.15) is 5.82 Å². The van der Waals surface area contributed by atoms with Gasteiger partial charge in [-0.15, -0.1) is 0 Å². The van der Waals surface area contributed by atoms with Crippen LogP contribution in [0.1, 0.15) is 5.82 Å². The molecule has 4 rings (SSSR count). The summed E-state index contributed by atoms with van der Waals surface area (Å²) in [6.45, 7) is 4.35. The molecule has 1 aliphatic heterocycles. The molecule has 0 spiro atoms. The first-order valence-corrected chi connectivity index (χ1v) is 9.06. The Balaban J connectivity index is 1.47. The fourth-order valence-corrected chi connectivity index (χ4v) is 3.37. The summed E-state index contributed by atoms with van der Waals surface area (Å²) in [7, 11) is 1.72. The molecule has 7 nitrogen and oxygen atoms in total. The first-order valence-electron chi connectivity index (χ1n) is 9.06. The van der Waals surface area contributed by atoms with Crippen LogP contribution in [0, 0.1) is 0 Å². The SMILES string of the molecule is COCCN1CCn2c(nc3cc(NC(=O)Nc4ccccc4)ccc32)C1. The van der Waals surface area contributed by atoms with Gasteiger partial charge in [0, 0.05) is 38.1 Å². The smallest absolute Gasteiger partial charge is 0.323 e. The lowest BCUT2D eigenvalue weighted by atomic mass is 10.2. The van der Waals surface area contributed by atoms with Crippen LogP contribution in [-0.4, -0.2) is 47.3 Å². The fraction of sp³-hybridized carbons (Fsp3) is 0.300. The Morgan fingerprint density at radius 3 is 2.74 bits per heavy atom. The second-order valence-electron chi connectivity index (χ2n) is 6.60. The highest BCUT2D eigenvalue weighted by Crippen LogP contribution is 2.24. The van der Waals surface area contributed by atoms with Gasteiger partial charge < -0.3 is 19.9 Å². The zero-order valence-corrected chi connectivity index (χ0v) is 15.3. The average molecular weight is 365 g/mol. The monoisotopic (exact) mass is 365 g/mol. The van der Waals surface area contributed by atoms with Crippen LogP contribution in [0.15, 0.2) is 48.5 Å². The lowest BCUT2D eigenvalue weighted by Crippen LogP contribution is -2.35. The van der Waals surface area contributed by atoms with Gasteiger partial charge in [0.15, 0.2) is 0 Å². The van der Waals surface area contributed by atoms with Crippen molar-refractivity contribution in [2.24, 2.45) is 0 Å². The second kappa shape index (κ2) is 7.77. The standard InChI is InChI=1S/C20H23N5O2/c1-27-12-11-24-9-10-25-18-8-7-16(13-17(18)23-19(25)14-24)22-20(26)21-15-5-3-2-4-6-15/h2-8,13H,9-12,14H2,1H3,(H2,21,22,26). The minimum Gasteiger partial charge on any atom is -0.383 e. The number of carbonyl (C=O) groups excluding carboxylic acids is 1. The number of methoxy groups -OCH3 is 1. The fourth-order valence-electron chi connectivity index (χ4n) is 3.37. The summed E-state index contributed by atoms with van der Waals surface area (Å²) in [5.41, 5.74) is 3.48. The number of aromatic nitrogens is 2. The molecule has 0 radical (unpaired) electrons. The van der Waals surface area contributed by atoms with Crippen molar-refractivity contribution < 1.29 is 9.53 Å². The van der Waals surface area contributed by atoms with Gasteiger partial charge in [-0.05, 0) is 30.3 Å². The number of hydrogen-bond acceptors (Lipinski definition) is 4. The minimum absolute atomic E-state index is 0.268. The van der Waals surface area contributed by atoms with E-state index >= 15 is 0 Å². The lowest BCUT2D eigenvalue weighted by molar-refractivity contribution is 0.130. The number of imidazole rings is 1. The molecule has 0 fully saturated rings. The third-order valence-electron chi connectivity index (χ3n) is 4.73. The van der Waals surface area contributed by atoms with Crippen molar-refractivity contribution in [2.45, 2.75) is 13.1 Å². The van der Waals surface area contributed by atoms with Crippen LogP contribution in [0.2, 0.25) is 0 Å². The van der Waals surface area contributed by atoms with Crippen LogP contribution in [-0.2, 0) is 17.8 Å². The van der Waals surface area contributed by atoms with Crippen molar-refractivity contribution in [2.75, 3.05) is 37.4 Å². The first-order chi connectivity index (χ1) is 13.2. The third-order valence-corrected chi connectivity index (χ3v) is 4.73. The van der Waals surface area contributed by atoms with E-state index in [2.05, 4.69) is 20.1 Å². The number of benzene rings is 2. The molecule has 2 amide bonds. The van der Waals surface area contributed by atoms with E-state index in [1.807, 2.05) is 48.5 Å². The van der Waals surface area contributed by atoms with Gasteiger partial charge in [-0.2, -0.15) is 0 Å². The molecule has 1 aliphatic rings. The normalized spacial score (nSPS) is 14.1. The van der Waals surface area contributed by atoms with Crippen molar-refractivity contribution in [3.63, 3.8) is 0 Å². The topological polar surface area (TPSA) is 71.4 Å². The lowest BCUT2D eigenvalue weighted by Gasteiger charge is -2.27. The Morgan fingerprint density at radius 2 is 1.93 bits per heavy atom. The summed E-state index contributed by atoms with van der Waals surface area (Å²) in [4.78, 5) is 19.3. The Kier molecular flexibility index (Phi) is 5.04. The highest BCUT2D eigenvalue weighted by atomic mass is 16.5. The molecule has 0 saturated heterocycles. The quantitative estimate of drug-likeness (QED) is 0.729. The Labute approximate surface area is 157 Å². The number of fused-ring (bicyclic) bond motifs is 3. The number of urea groups is 1. The molecule has 2 heterocycles. The highest BCUT2D eigenvalue weighted by molar-refractivity contribution is 6.00. The number of carbonyl (C=O) groups is 1. The molecule has 0 aliphatic carbocycles. The van der Waals surface area contributed by atoms with E-state index in [0.29, 0.717) is 0 Å². The van der Waals surface area contributed by atoms with Crippen molar-refractivity contribution >= 4 is 28.4 Å². The van der Waals surface area contributed by atoms with Crippen molar-refractivity contribution in [3.8, 4) is 0 Å². The number of hydrogen-bond donors (Lipinski definition) is 2. The second-order valence-corrected chi connectivity index (χ2v) is 6.60. The minimum atomic E-state index is -0.268. The number of nitrogens with one attached hydrogen (secondary N) is 2. The first kappa shape index (κ1) is 17.5. The molecule has 140 valence electrons. The molecule has 3 aromatic rings. The molecule has 0 unspecified atom stereocenters. The third kappa shape index (κ3) is 3.94. The Hall–Kier alpha value is -2.90. The maximum Gasteiger partial charge on any atom is 0.323 e. The molecular weight excluding hydrogens is 342 g/mol. The number of para-hydroxylation sites is 1. The van der Waals surface area contributed by atoms with Gasteiger partial charge in [-0.1, -0.05) is 18.2 Å². The summed E-state index contributed by atoms with van der Waals surface area (Å²) < 4.78 is 7.43. The van der Waals surface area contributed by atoms with Crippen molar-refractivity contribution in [1.82, 2.24) is 14.5 Å². The van der Waals surface area contributed by atoms with Gasteiger partial charge >= 0.3 is 6.03 Å². The number of ether oxygens (including phenoxy) is 1. The molecule has 27 heavy (non-hydrogen) atoms. The molecule has 0 bridgehead atoms. The van der Waals surface area contributed by atoms with Crippen LogP contribution in [0.3, 0.4) is 0 Å². The summed E-state index contributed by atoms with van der Waals surface area (Å²) in [6, 6.07) is 15.0. The molecule has 1 aromatic heterocycles. The summed E-state index contributed by atoms with van der Waals surface area (Å²) in [5, 5.41) is 5.69. The van der Waals surface area contributed by atoms with Crippen LogP contribution in [0.5, 0.6) is 0 Å². The Morgan fingerprint density at radius 1 is 1.11 bits per heavy atom. The van der Waals surface area contributed by atoms with Crippen molar-refractivity contribution in [1.29, 1.82) is 0 Å². The van der Waals surface area contributed by atoms with E-state index in [0.717, 1.165) is 61.0 Å². The zero-order valence-electron chi connectivity index (χ0n) is 15.3. The molecular formula is C20H23N5O2. The summed E-state index contributed by atoms with van der Waals surface area (Å²) in [6.07, 6.45) is 0. The van der Waals surface area contributed by atoms with Gasteiger partial charge in [0.05, 0.1) is 24.2 Å². The average Bonchev–Trinajstić information content (AvgIpc) is 3.03. The van der Waals surface area contributed by atoms with Crippen LogP contribution in [0.25, 0.3) is 11.0 Å². The van der Waals surface area contributed by atoms with Gasteiger partial charge in [-0.25, -0.2) is 9.78 Å². The van der Waals surface area contributed by atoms with Crippen molar-refractivity contribution in [3.05, 3.63) is 54.4 Å².